The van der Waals surface area contributed by atoms with Crippen molar-refractivity contribution in [2.45, 2.75) is 64.9 Å². The molecule has 0 bridgehead atoms. The Hall–Kier alpha value is -2.15. The molecule has 0 unspecified atom stereocenters. The number of nitrogens with one attached hydrogen (secondary N) is 1. The zero-order valence-corrected chi connectivity index (χ0v) is 16.5. The monoisotopic (exact) mass is 380 g/mol. The summed E-state index contributed by atoms with van der Waals surface area (Å²) in [6, 6.07) is 1.69. The van der Waals surface area contributed by atoms with Crippen molar-refractivity contribution in [2.75, 3.05) is 20.3 Å². The summed E-state index contributed by atoms with van der Waals surface area (Å²) in [7, 11) is 1.44. The molecule has 2 N–H and O–H groups in total. The van der Waals surface area contributed by atoms with Crippen LogP contribution in [0.1, 0.15) is 74.3 Å². The van der Waals surface area contributed by atoms with E-state index < -0.39 is 18.4 Å². The average molecular weight is 380 g/mol. The van der Waals surface area contributed by atoms with E-state index in [0.717, 1.165) is 12.0 Å². The summed E-state index contributed by atoms with van der Waals surface area (Å²) in [5, 5.41) is 10.9. The van der Waals surface area contributed by atoms with Crippen molar-refractivity contribution in [3.8, 4) is 5.75 Å². The van der Waals surface area contributed by atoms with E-state index in [9.17, 15) is 9.59 Å². The molecule has 1 amide bonds. The quantitative estimate of drug-likeness (QED) is 0.452. The third kappa shape index (κ3) is 9.94. The largest absolute Gasteiger partial charge is 0.494 e. The molecule has 0 aliphatic rings. The first kappa shape index (κ1) is 22.9. The molecule has 1 heterocycles. The number of ether oxygens (including phenoxy) is 2. The van der Waals surface area contributed by atoms with Crippen LogP contribution in [0.5, 0.6) is 5.75 Å². The molecule has 0 atom stereocenters. The fraction of sp³-hybridized carbons (Fsp3) is 0.650. The molecule has 0 fully saturated rings. The van der Waals surface area contributed by atoms with Gasteiger partial charge in [0.1, 0.15) is 6.54 Å². The van der Waals surface area contributed by atoms with Gasteiger partial charge in [-0.2, -0.15) is 0 Å². The van der Waals surface area contributed by atoms with Crippen LogP contribution >= 0.6 is 0 Å². The van der Waals surface area contributed by atoms with Crippen molar-refractivity contribution in [3.05, 3.63) is 23.5 Å². The van der Waals surface area contributed by atoms with Gasteiger partial charge < -0.3 is 19.9 Å². The van der Waals surface area contributed by atoms with Crippen molar-refractivity contribution >= 4 is 11.9 Å². The van der Waals surface area contributed by atoms with Crippen LogP contribution in [0.4, 0.5) is 0 Å². The smallest absolute Gasteiger partial charge is 0.322 e. The molecular formula is C20H32N2O5. The van der Waals surface area contributed by atoms with E-state index in [1.54, 1.807) is 12.3 Å². The maximum absolute atomic E-state index is 11.9. The van der Waals surface area contributed by atoms with E-state index >= 15 is 0 Å². The van der Waals surface area contributed by atoms with E-state index in [-0.39, 0.29) is 5.69 Å². The lowest BCUT2D eigenvalue weighted by Crippen LogP contribution is -2.30. The minimum Gasteiger partial charge on any atom is -0.494 e. The summed E-state index contributed by atoms with van der Waals surface area (Å²) in [6.07, 6.45) is 11.6. The van der Waals surface area contributed by atoms with Gasteiger partial charge in [0.2, 0.25) is 0 Å². The molecular weight excluding hydrogens is 348 g/mol. The Bertz CT molecular complexity index is 577. The molecule has 27 heavy (non-hydrogen) atoms. The van der Waals surface area contributed by atoms with Crippen molar-refractivity contribution in [2.24, 2.45) is 0 Å². The zero-order chi connectivity index (χ0) is 19.9. The minimum absolute atomic E-state index is 0.0607. The number of carbonyl (C=O) groups excluding carboxylic acids is 1. The number of carboxylic acids is 1. The predicted octanol–water partition coefficient (Wildman–Crippen LogP) is 3.56. The minimum atomic E-state index is -1.12. The van der Waals surface area contributed by atoms with Gasteiger partial charge in [0.15, 0.2) is 11.4 Å². The highest BCUT2D eigenvalue weighted by Gasteiger charge is 2.15. The second-order valence-electron chi connectivity index (χ2n) is 6.50. The number of rotatable bonds is 15. The van der Waals surface area contributed by atoms with Gasteiger partial charge in [0.05, 0.1) is 13.7 Å². The van der Waals surface area contributed by atoms with Crippen LogP contribution in [0.2, 0.25) is 0 Å². The normalized spacial score (nSPS) is 10.6. The number of aromatic nitrogens is 1. The Morgan fingerprint density at radius 3 is 2.41 bits per heavy atom. The van der Waals surface area contributed by atoms with Gasteiger partial charge in [-0.1, -0.05) is 51.9 Å². The highest BCUT2D eigenvalue weighted by Crippen LogP contribution is 2.18. The van der Waals surface area contributed by atoms with Crippen LogP contribution in [-0.4, -0.2) is 42.2 Å². The van der Waals surface area contributed by atoms with Crippen LogP contribution in [0.25, 0.3) is 0 Å². The number of methoxy groups -OCH3 is 1. The van der Waals surface area contributed by atoms with Crippen LogP contribution in [0.15, 0.2) is 12.3 Å². The topological polar surface area (TPSA) is 97.8 Å². The number of carbonyl (C=O) groups is 2. The molecule has 1 rings (SSSR count). The number of aliphatic carboxylic acids is 1. The lowest BCUT2D eigenvalue weighted by atomic mass is 10.1. The molecule has 1 aromatic heterocycles. The number of nitrogens with zero attached hydrogens (tertiary/aromatic N) is 1. The third-order valence-electron chi connectivity index (χ3n) is 4.16. The van der Waals surface area contributed by atoms with Gasteiger partial charge in [-0.25, -0.2) is 4.98 Å². The lowest BCUT2D eigenvalue weighted by molar-refractivity contribution is -0.135. The highest BCUT2D eigenvalue weighted by molar-refractivity contribution is 5.96. The first-order chi connectivity index (χ1) is 13.1. The molecule has 0 aliphatic carbocycles. The van der Waals surface area contributed by atoms with Gasteiger partial charge in [-0.3, -0.25) is 9.59 Å². The number of hydrogen-bond donors (Lipinski definition) is 2. The lowest BCUT2D eigenvalue weighted by Gasteiger charge is -2.10. The van der Waals surface area contributed by atoms with Crippen molar-refractivity contribution in [1.82, 2.24) is 10.3 Å². The number of pyridine rings is 1. The van der Waals surface area contributed by atoms with Gasteiger partial charge in [0, 0.05) is 12.8 Å². The molecule has 0 saturated heterocycles. The van der Waals surface area contributed by atoms with Crippen LogP contribution in [-0.2, 0) is 16.1 Å². The summed E-state index contributed by atoms with van der Waals surface area (Å²) >= 11 is 0. The number of carboxylic acid groups (broad SMARTS) is 1. The summed E-state index contributed by atoms with van der Waals surface area (Å²) in [4.78, 5) is 26.5. The molecule has 0 aliphatic heterocycles. The highest BCUT2D eigenvalue weighted by atomic mass is 16.5. The molecule has 1 aromatic rings. The van der Waals surface area contributed by atoms with Crippen molar-refractivity contribution in [3.63, 3.8) is 0 Å². The number of amides is 1. The fourth-order valence-electron chi connectivity index (χ4n) is 2.66. The Morgan fingerprint density at radius 1 is 1.11 bits per heavy atom. The van der Waals surface area contributed by atoms with Gasteiger partial charge in [-0.05, 0) is 18.1 Å². The fourth-order valence-corrected chi connectivity index (χ4v) is 2.66. The van der Waals surface area contributed by atoms with Crippen LogP contribution < -0.4 is 10.1 Å². The van der Waals surface area contributed by atoms with Crippen molar-refractivity contribution < 1.29 is 24.2 Å². The van der Waals surface area contributed by atoms with Gasteiger partial charge in [-0.15, -0.1) is 0 Å². The first-order valence-corrected chi connectivity index (χ1v) is 9.69. The second-order valence-corrected chi connectivity index (χ2v) is 6.50. The summed E-state index contributed by atoms with van der Waals surface area (Å²) in [5.74, 6) is -1.40. The summed E-state index contributed by atoms with van der Waals surface area (Å²) < 4.78 is 10.9. The second kappa shape index (κ2) is 14.0. The molecule has 0 spiro atoms. The standard InChI is InChI=1S/C20H32N2O5/c1-3-4-5-6-7-8-9-10-11-27-15-16-12-17(26-2)19(21-13-16)20(25)22-14-18(23)24/h12-13H,3-11,14-15H2,1-2H3,(H,22,25)(H,23,24). The Labute approximate surface area is 161 Å². The van der Waals surface area contributed by atoms with E-state index in [2.05, 4.69) is 17.2 Å². The number of hydrogen-bond acceptors (Lipinski definition) is 5. The van der Waals surface area contributed by atoms with E-state index in [1.807, 2.05) is 0 Å². The molecule has 7 nitrogen and oxygen atoms in total. The van der Waals surface area contributed by atoms with E-state index in [0.29, 0.717) is 19.0 Å². The summed E-state index contributed by atoms with van der Waals surface area (Å²) in [5.41, 5.74) is 0.867. The summed E-state index contributed by atoms with van der Waals surface area (Å²) in [6.45, 7) is 2.85. The Balaban J connectivity index is 2.29. The van der Waals surface area contributed by atoms with Gasteiger partial charge in [0.25, 0.3) is 5.91 Å². The maximum atomic E-state index is 11.9. The predicted molar refractivity (Wildman–Crippen MR) is 103 cm³/mol. The Kier molecular flexibility index (Phi) is 11.8. The Morgan fingerprint density at radius 2 is 1.78 bits per heavy atom. The molecule has 0 saturated carbocycles. The molecule has 7 heteroatoms. The maximum Gasteiger partial charge on any atom is 0.322 e. The van der Waals surface area contributed by atoms with Crippen LogP contribution in [0.3, 0.4) is 0 Å². The zero-order valence-electron chi connectivity index (χ0n) is 16.5. The molecule has 0 aromatic carbocycles. The average Bonchev–Trinajstić information content (AvgIpc) is 2.67. The number of unbranched alkanes of at least 4 members (excludes halogenated alkanes) is 7. The van der Waals surface area contributed by atoms with E-state index in [1.165, 1.54) is 52.1 Å². The van der Waals surface area contributed by atoms with E-state index in [4.69, 9.17) is 14.6 Å². The van der Waals surface area contributed by atoms with Crippen molar-refractivity contribution in [1.29, 1.82) is 0 Å². The first-order valence-electron chi connectivity index (χ1n) is 9.69. The molecule has 0 radical (unpaired) electrons. The molecule has 152 valence electrons. The van der Waals surface area contributed by atoms with Crippen LogP contribution in [0, 0.1) is 0 Å². The third-order valence-corrected chi connectivity index (χ3v) is 4.16. The SMILES string of the molecule is CCCCCCCCCCOCc1cnc(C(=O)NCC(=O)O)c(OC)c1. The van der Waals surface area contributed by atoms with Gasteiger partial charge >= 0.3 is 5.97 Å².